The lowest BCUT2D eigenvalue weighted by molar-refractivity contribution is 0.00630. The molecule has 0 radical (unpaired) electrons. The van der Waals surface area contributed by atoms with Crippen molar-refractivity contribution in [1.82, 2.24) is 19.7 Å². The number of nitrogens with zero attached hydrogens (tertiary/aromatic N) is 4. The van der Waals surface area contributed by atoms with Crippen molar-refractivity contribution in [2.75, 3.05) is 6.61 Å². The minimum absolute atomic E-state index is 0.218. The monoisotopic (exact) mass is 396 g/mol. The van der Waals surface area contributed by atoms with Crippen LogP contribution in [0.15, 0.2) is 35.0 Å². The summed E-state index contributed by atoms with van der Waals surface area (Å²) >= 11 is 6.32. The molecule has 1 aliphatic rings. The molecule has 1 fully saturated rings. The van der Waals surface area contributed by atoms with Crippen LogP contribution in [0, 0.1) is 6.92 Å². The van der Waals surface area contributed by atoms with Gasteiger partial charge in [0.15, 0.2) is 0 Å². The molecule has 6 nitrogen and oxygen atoms in total. The van der Waals surface area contributed by atoms with E-state index < -0.39 is 0 Å². The third kappa shape index (κ3) is 3.06. The standard InChI is InChI=1S/C21H21ClN4O2/c1-12-8-16(5-6-27-12)26-20(10-15-7-13(2)28-25-15)24-19-11-23-18-4-3-14(22)9-17(18)21(19)26/h3-4,7,9,11-12,16H,5-6,8,10H2,1-2H3/t12-,16-/m1/s1. The third-order valence-corrected chi connectivity index (χ3v) is 5.62. The predicted molar refractivity (Wildman–Crippen MR) is 108 cm³/mol. The first kappa shape index (κ1) is 17.6. The lowest BCUT2D eigenvalue weighted by Crippen LogP contribution is -2.26. The highest BCUT2D eigenvalue weighted by atomic mass is 35.5. The molecule has 0 bridgehead atoms. The minimum atomic E-state index is 0.218. The average Bonchev–Trinajstić information content (AvgIpc) is 3.25. The Balaban J connectivity index is 1.74. The number of aryl methyl sites for hydroxylation is 1. The molecule has 28 heavy (non-hydrogen) atoms. The van der Waals surface area contributed by atoms with E-state index in [0.29, 0.717) is 17.5 Å². The maximum Gasteiger partial charge on any atom is 0.133 e. The summed E-state index contributed by atoms with van der Waals surface area (Å²) in [5.41, 5.74) is 3.76. The van der Waals surface area contributed by atoms with Gasteiger partial charge in [-0.25, -0.2) is 4.98 Å². The molecule has 4 aromatic rings. The Labute approximate surface area is 167 Å². The number of hydrogen-bond acceptors (Lipinski definition) is 5. The lowest BCUT2D eigenvalue weighted by Gasteiger charge is -2.30. The molecule has 0 saturated carbocycles. The van der Waals surface area contributed by atoms with Crippen molar-refractivity contribution in [2.45, 2.75) is 45.3 Å². The second kappa shape index (κ2) is 6.87. The molecule has 0 N–H and O–H groups in total. The van der Waals surface area contributed by atoms with Crippen LogP contribution in [0.4, 0.5) is 0 Å². The van der Waals surface area contributed by atoms with Crippen LogP contribution in [0.25, 0.3) is 21.9 Å². The predicted octanol–water partition coefficient (Wildman–Crippen LogP) is 4.87. The van der Waals surface area contributed by atoms with Gasteiger partial charge in [0.1, 0.15) is 17.1 Å². The Bertz CT molecular complexity index is 1170. The van der Waals surface area contributed by atoms with Gasteiger partial charge < -0.3 is 13.8 Å². The molecule has 4 heterocycles. The maximum atomic E-state index is 6.32. The Morgan fingerprint density at radius 3 is 2.93 bits per heavy atom. The quantitative estimate of drug-likeness (QED) is 0.494. The third-order valence-electron chi connectivity index (χ3n) is 5.39. The van der Waals surface area contributed by atoms with Crippen LogP contribution in [0.2, 0.25) is 5.02 Å². The number of fused-ring (bicyclic) bond motifs is 3. The van der Waals surface area contributed by atoms with Crippen LogP contribution in [0.3, 0.4) is 0 Å². The fourth-order valence-electron chi connectivity index (χ4n) is 4.19. The summed E-state index contributed by atoms with van der Waals surface area (Å²) < 4.78 is 13.4. The summed E-state index contributed by atoms with van der Waals surface area (Å²) in [6.45, 7) is 4.78. The van der Waals surface area contributed by atoms with E-state index in [9.17, 15) is 0 Å². The van der Waals surface area contributed by atoms with Gasteiger partial charge in [0.05, 0.1) is 35.4 Å². The van der Waals surface area contributed by atoms with E-state index in [-0.39, 0.29) is 6.10 Å². The van der Waals surface area contributed by atoms with E-state index in [0.717, 1.165) is 58.7 Å². The van der Waals surface area contributed by atoms with Gasteiger partial charge in [-0.1, -0.05) is 16.8 Å². The van der Waals surface area contributed by atoms with Crippen molar-refractivity contribution in [2.24, 2.45) is 0 Å². The van der Waals surface area contributed by atoms with Crippen molar-refractivity contribution in [3.8, 4) is 0 Å². The summed E-state index contributed by atoms with van der Waals surface area (Å²) in [5, 5.41) is 5.89. The molecule has 3 aromatic heterocycles. The number of ether oxygens (including phenoxy) is 1. The van der Waals surface area contributed by atoms with Gasteiger partial charge in [-0.3, -0.25) is 4.98 Å². The second-order valence-electron chi connectivity index (χ2n) is 7.52. The van der Waals surface area contributed by atoms with Crippen LogP contribution in [0.5, 0.6) is 0 Å². The summed E-state index contributed by atoms with van der Waals surface area (Å²) in [4.78, 5) is 9.51. The summed E-state index contributed by atoms with van der Waals surface area (Å²) in [5.74, 6) is 1.77. The van der Waals surface area contributed by atoms with Crippen LogP contribution >= 0.6 is 11.6 Å². The molecule has 0 amide bonds. The first-order valence-electron chi connectivity index (χ1n) is 9.57. The molecule has 1 aromatic carbocycles. The van der Waals surface area contributed by atoms with Crippen molar-refractivity contribution < 1.29 is 9.26 Å². The largest absolute Gasteiger partial charge is 0.378 e. The number of pyridine rings is 1. The summed E-state index contributed by atoms with van der Waals surface area (Å²) in [6, 6.07) is 8.09. The van der Waals surface area contributed by atoms with Crippen molar-refractivity contribution >= 4 is 33.5 Å². The molecule has 1 aliphatic heterocycles. The van der Waals surface area contributed by atoms with Crippen LogP contribution in [0.1, 0.15) is 43.1 Å². The summed E-state index contributed by atoms with van der Waals surface area (Å²) in [6.07, 6.45) is 4.57. The summed E-state index contributed by atoms with van der Waals surface area (Å²) in [7, 11) is 0. The van der Waals surface area contributed by atoms with Gasteiger partial charge in [-0.2, -0.15) is 0 Å². The first-order valence-corrected chi connectivity index (χ1v) is 9.95. The van der Waals surface area contributed by atoms with Crippen LogP contribution < -0.4 is 0 Å². The highest BCUT2D eigenvalue weighted by molar-refractivity contribution is 6.31. The van der Waals surface area contributed by atoms with E-state index in [1.165, 1.54) is 0 Å². The maximum absolute atomic E-state index is 6.32. The smallest absolute Gasteiger partial charge is 0.133 e. The van der Waals surface area contributed by atoms with E-state index in [4.69, 9.17) is 25.8 Å². The highest BCUT2D eigenvalue weighted by Crippen LogP contribution is 2.34. The molecular weight excluding hydrogens is 376 g/mol. The van der Waals surface area contributed by atoms with E-state index in [2.05, 4.69) is 21.6 Å². The number of hydrogen-bond donors (Lipinski definition) is 0. The van der Waals surface area contributed by atoms with Gasteiger partial charge in [0.25, 0.3) is 0 Å². The van der Waals surface area contributed by atoms with E-state index in [1.54, 1.807) is 0 Å². The minimum Gasteiger partial charge on any atom is -0.378 e. The molecule has 2 atom stereocenters. The van der Waals surface area contributed by atoms with Crippen molar-refractivity contribution in [3.05, 3.63) is 52.8 Å². The Hall–Kier alpha value is -2.44. The number of halogens is 1. The molecule has 1 saturated heterocycles. The highest BCUT2D eigenvalue weighted by Gasteiger charge is 2.26. The van der Waals surface area contributed by atoms with Crippen LogP contribution in [-0.2, 0) is 11.2 Å². The van der Waals surface area contributed by atoms with E-state index >= 15 is 0 Å². The number of aromatic nitrogens is 4. The Morgan fingerprint density at radius 1 is 1.25 bits per heavy atom. The fourth-order valence-corrected chi connectivity index (χ4v) is 4.36. The molecule has 5 rings (SSSR count). The molecule has 0 spiro atoms. The normalized spacial score (nSPS) is 20.2. The Morgan fingerprint density at radius 2 is 2.14 bits per heavy atom. The lowest BCUT2D eigenvalue weighted by atomic mass is 10.0. The Kier molecular flexibility index (Phi) is 4.33. The SMILES string of the molecule is Cc1cc(Cc2nc3cnc4ccc(Cl)cc4c3n2[C@@H]2CCO[C@H](C)C2)no1. The molecule has 0 aliphatic carbocycles. The molecule has 0 unspecified atom stereocenters. The van der Waals surface area contributed by atoms with Crippen molar-refractivity contribution in [1.29, 1.82) is 0 Å². The second-order valence-corrected chi connectivity index (χ2v) is 7.95. The van der Waals surface area contributed by atoms with Gasteiger partial charge in [-0.15, -0.1) is 0 Å². The van der Waals surface area contributed by atoms with Gasteiger partial charge in [0.2, 0.25) is 0 Å². The first-order chi connectivity index (χ1) is 13.6. The molecule has 7 heteroatoms. The molecular formula is C21H21ClN4O2. The van der Waals surface area contributed by atoms with Gasteiger partial charge in [0, 0.05) is 29.1 Å². The molecule has 144 valence electrons. The van der Waals surface area contributed by atoms with Gasteiger partial charge >= 0.3 is 0 Å². The fraction of sp³-hybridized carbons (Fsp3) is 0.381. The van der Waals surface area contributed by atoms with Crippen molar-refractivity contribution in [3.63, 3.8) is 0 Å². The number of rotatable bonds is 3. The topological polar surface area (TPSA) is 66.0 Å². The zero-order valence-corrected chi connectivity index (χ0v) is 16.6. The zero-order valence-electron chi connectivity index (χ0n) is 15.9. The number of benzene rings is 1. The van der Waals surface area contributed by atoms with Crippen LogP contribution in [-0.4, -0.2) is 32.4 Å². The van der Waals surface area contributed by atoms with Gasteiger partial charge in [-0.05, 0) is 44.9 Å². The van der Waals surface area contributed by atoms with E-state index in [1.807, 2.05) is 37.4 Å². The average molecular weight is 397 g/mol. The number of imidazole rings is 1. The zero-order chi connectivity index (χ0) is 19.3.